The van der Waals surface area contributed by atoms with Gasteiger partial charge in [0.05, 0.1) is 18.9 Å². The highest BCUT2D eigenvalue weighted by molar-refractivity contribution is 7.99. The first-order valence-electron chi connectivity index (χ1n) is 12.2. The lowest BCUT2D eigenvalue weighted by Gasteiger charge is -2.39. The molecule has 3 heterocycles. The first kappa shape index (κ1) is 25.5. The summed E-state index contributed by atoms with van der Waals surface area (Å²) in [6.45, 7) is 2.75. The minimum atomic E-state index is -1.10. The fourth-order valence-corrected chi connectivity index (χ4v) is 5.91. The first-order valence-corrected chi connectivity index (χ1v) is 13.2. The van der Waals surface area contributed by atoms with E-state index in [1.54, 1.807) is 37.4 Å². The first-order chi connectivity index (χ1) is 17.0. The van der Waals surface area contributed by atoms with Crippen LogP contribution in [0.1, 0.15) is 43.8 Å². The minimum Gasteiger partial charge on any atom is -0.497 e. The van der Waals surface area contributed by atoms with Crippen molar-refractivity contribution < 1.29 is 23.4 Å². The second-order valence-electron chi connectivity index (χ2n) is 9.15. The Balaban J connectivity index is 1.36. The summed E-state index contributed by atoms with van der Waals surface area (Å²) in [7, 11) is 1.60. The van der Waals surface area contributed by atoms with Crippen LogP contribution in [0.5, 0.6) is 5.75 Å². The number of nitrogens with zero attached hydrogens (tertiary/aromatic N) is 2. The van der Waals surface area contributed by atoms with Gasteiger partial charge in [-0.15, -0.1) is 0 Å². The molecule has 0 amide bonds. The van der Waals surface area contributed by atoms with Crippen LogP contribution in [-0.4, -0.2) is 53.5 Å². The predicted octanol–water partition coefficient (Wildman–Crippen LogP) is 6.22. The van der Waals surface area contributed by atoms with Crippen LogP contribution in [0.15, 0.2) is 58.4 Å². The Morgan fingerprint density at radius 3 is 2.97 bits per heavy atom. The van der Waals surface area contributed by atoms with Crippen molar-refractivity contribution in [3.8, 4) is 5.75 Å². The normalized spacial score (nSPS) is 19.6. The van der Waals surface area contributed by atoms with E-state index in [4.69, 9.17) is 9.15 Å². The van der Waals surface area contributed by atoms with Gasteiger partial charge in [0.2, 0.25) is 0 Å². The number of benzene rings is 1. The number of piperidine rings is 1. The Morgan fingerprint density at radius 2 is 2.20 bits per heavy atom. The topological polar surface area (TPSA) is 75.8 Å². The number of likely N-dealkylation sites (tertiary alicyclic amines) is 1. The number of furan rings is 1. The number of methoxy groups -OCH3 is 1. The second kappa shape index (κ2) is 12.4. The molecule has 6 nitrogen and oxygen atoms in total. The smallest absolute Gasteiger partial charge is 0.303 e. The van der Waals surface area contributed by atoms with Crippen molar-refractivity contribution in [2.24, 2.45) is 11.8 Å². The Labute approximate surface area is 209 Å². The van der Waals surface area contributed by atoms with Crippen molar-refractivity contribution in [1.82, 2.24) is 9.88 Å². The van der Waals surface area contributed by atoms with Gasteiger partial charge in [0.15, 0.2) is 5.09 Å². The van der Waals surface area contributed by atoms with Crippen LogP contribution in [0.4, 0.5) is 4.39 Å². The third-order valence-corrected chi connectivity index (χ3v) is 7.87. The number of alkyl halides is 1. The molecule has 1 saturated heterocycles. The summed E-state index contributed by atoms with van der Waals surface area (Å²) in [4.78, 5) is 18.0. The van der Waals surface area contributed by atoms with Gasteiger partial charge in [-0.1, -0.05) is 11.8 Å². The molecule has 1 fully saturated rings. The zero-order chi connectivity index (χ0) is 24.6. The highest BCUT2D eigenvalue weighted by atomic mass is 32.2. The summed E-state index contributed by atoms with van der Waals surface area (Å²) in [6.07, 6.45) is 5.15. The summed E-state index contributed by atoms with van der Waals surface area (Å²) >= 11 is 1.69. The van der Waals surface area contributed by atoms with Crippen LogP contribution in [0, 0.1) is 11.8 Å². The Bertz CT molecular complexity index is 1090. The summed E-state index contributed by atoms with van der Waals surface area (Å²) in [5.74, 6) is 1.42. The average Bonchev–Trinajstić information content (AvgIpc) is 3.39. The molecular formula is C27H33FN2O4S. The Morgan fingerprint density at radius 1 is 1.31 bits per heavy atom. The standard InChI is InChI=1S/C27H33FN2O4S/c1-33-21-6-8-25-23(17-21)22(10-12-29-25)24(28)7-4-19-11-13-30(18-20(19)5-9-26(31)32)14-16-35-27-3-2-15-34-27/h2-3,6,8,10,12,15,17,19-20,24H,4-5,7,9,11,13-14,16,18H2,1H3,(H,31,32)/t19-,20+,24?/m1/s1. The van der Waals surface area contributed by atoms with Gasteiger partial charge in [0.25, 0.3) is 0 Å². The molecule has 0 aliphatic carbocycles. The molecule has 4 rings (SSSR count). The zero-order valence-electron chi connectivity index (χ0n) is 20.1. The SMILES string of the molecule is COc1ccc2nccc(C(F)CC[C@@H]3CCN(CCSc4ccco4)C[C@@H]3CCC(=O)O)c2c1. The summed E-state index contributed by atoms with van der Waals surface area (Å²) in [5.41, 5.74) is 1.40. The molecule has 0 saturated carbocycles. The molecule has 1 aliphatic heterocycles. The third-order valence-electron chi connectivity index (χ3n) is 6.96. The maximum absolute atomic E-state index is 15.5. The molecule has 3 atom stereocenters. The quantitative estimate of drug-likeness (QED) is 0.296. The van der Waals surface area contributed by atoms with Gasteiger partial charge in [-0.2, -0.15) is 0 Å². The van der Waals surface area contributed by atoms with E-state index in [2.05, 4.69) is 9.88 Å². The number of pyridine rings is 1. The maximum Gasteiger partial charge on any atom is 0.303 e. The number of carboxylic acid groups (broad SMARTS) is 1. The molecule has 0 spiro atoms. The second-order valence-corrected chi connectivity index (χ2v) is 10.2. The fourth-order valence-electron chi connectivity index (χ4n) is 5.06. The number of ether oxygens (including phenoxy) is 1. The van der Waals surface area contributed by atoms with Crippen LogP contribution in [0.2, 0.25) is 0 Å². The van der Waals surface area contributed by atoms with Crippen LogP contribution in [0.25, 0.3) is 10.9 Å². The highest BCUT2D eigenvalue weighted by Gasteiger charge is 2.30. The van der Waals surface area contributed by atoms with Gasteiger partial charge in [-0.3, -0.25) is 9.78 Å². The number of carboxylic acids is 1. The van der Waals surface area contributed by atoms with E-state index in [-0.39, 0.29) is 12.3 Å². The number of carbonyl (C=O) groups is 1. The fraction of sp³-hybridized carbons (Fsp3) is 0.481. The molecule has 0 bridgehead atoms. The van der Waals surface area contributed by atoms with Gasteiger partial charge in [0, 0.05) is 36.8 Å². The monoisotopic (exact) mass is 500 g/mol. The van der Waals surface area contributed by atoms with E-state index in [9.17, 15) is 9.90 Å². The summed E-state index contributed by atoms with van der Waals surface area (Å²) in [5, 5.41) is 10.9. The molecule has 1 aliphatic rings. The molecule has 1 N–H and O–H groups in total. The molecule has 0 radical (unpaired) electrons. The summed E-state index contributed by atoms with van der Waals surface area (Å²) in [6, 6.07) is 11.1. The lowest BCUT2D eigenvalue weighted by Crippen LogP contribution is -2.41. The molecular weight excluding hydrogens is 467 g/mol. The van der Waals surface area contributed by atoms with Crippen LogP contribution < -0.4 is 4.74 Å². The van der Waals surface area contributed by atoms with Crippen molar-refractivity contribution in [3.05, 3.63) is 54.4 Å². The number of fused-ring (bicyclic) bond motifs is 1. The van der Waals surface area contributed by atoms with E-state index in [1.807, 2.05) is 30.3 Å². The summed E-state index contributed by atoms with van der Waals surface area (Å²) < 4.78 is 26.2. The lowest BCUT2D eigenvalue weighted by molar-refractivity contribution is -0.137. The highest BCUT2D eigenvalue weighted by Crippen LogP contribution is 2.36. The van der Waals surface area contributed by atoms with Crippen molar-refractivity contribution in [3.63, 3.8) is 0 Å². The average molecular weight is 501 g/mol. The number of hydrogen-bond donors (Lipinski definition) is 1. The van der Waals surface area contributed by atoms with Crippen LogP contribution in [-0.2, 0) is 4.79 Å². The van der Waals surface area contributed by atoms with Gasteiger partial charge >= 0.3 is 5.97 Å². The number of thioether (sulfide) groups is 1. The number of halogens is 1. The number of aromatic nitrogens is 1. The third kappa shape index (κ3) is 6.98. The van der Waals surface area contributed by atoms with Crippen molar-refractivity contribution in [2.45, 2.75) is 43.4 Å². The van der Waals surface area contributed by atoms with Gasteiger partial charge in [-0.05, 0) is 86.0 Å². The number of rotatable bonds is 12. The Kier molecular flexibility index (Phi) is 9.04. The molecule has 3 aromatic rings. The largest absolute Gasteiger partial charge is 0.497 e. The van der Waals surface area contributed by atoms with Crippen molar-refractivity contribution in [1.29, 1.82) is 0 Å². The van der Waals surface area contributed by atoms with Gasteiger partial charge < -0.3 is 19.2 Å². The van der Waals surface area contributed by atoms with Crippen molar-refractivity contribution >= 4 is 28.6 Å². The molecule has 1 unspecified atom stereocenters. The number of aliphatic carboxylic acids is 1. The maximum atomic E-state index is 15.5. The van der Waals surface area contributed by atoms with E-state index < -0.39 is 12.1 Å². The molecule has 188 valence electrons. The van der Waals surface area contributed by atoms with Crippen LogP contribution in [0.3, 0.4) is 0 Å². The number of hydrogen-bond acceptors (Lipinski definition) is 6. The zero-order valence-corrected chi connectivity index (χ0v) is 20.9. The minimum absolute atomic E-state index is 0.157. The lowest BCUT2D eigenvalue weighted by atomic mass is 9.79. The Hall–Kier alpha value is -2.58. The molecule has 8 heteroatoms. The molecule has 35 heavy (non-hydrogen) atoms. The van der Waals surface area contributed by atoms with E-state index in [0.717, 1.165) is 54.2 Å². The van der Waals surface area contributed by atoms with E-state index >= 15 is 4.39 Å². The molecule has 2 aromatic heterocycles. The van der Waals surface area contributed by atoms with Crippen molar-refractivity contribution in [2.75, 3.05) is 32.5 Å². The molecule has 1 aromatic carbocycles. The predicted molar refractivity (Wildman–Crippen MR) is 136 cm³/mol. The van der Waals surface area contributed by atoms with E-state index in [0.29, 0.717) is 30.1 Å². The van der Waals surface area contributed by atoms with Gasteiger partial charge in [-0.25, -0.2) is 4.39 Å². The van der Waals surface area contributed by atoms with Gasteiger partial charge in [0.1, 0.15) is 11.9 Å². The van der Waals surface area contributed by atoms with E-state index in [1.165, 1.54) is 0 Å². The van der Waals surface area contributed by atoms with Crippen LogP contribution >= 0.6 is 11.8 Å².